The predicted molar refractivity (Wildman–Crippen MR) is 78.0 cm³/mol. The maximum atomic E-state index is 12.4. The number of Topliss-reactive ketones (excluding diaryl/α,β-unsaturated/α-hetero) is 1. The van der Waals surface area contributed by atoms with E-state index in [1.165, 1.54) is 13.2 Å². The summed E-state index contributed by atoms with van der Waals surface area (Å²) in [6.45, 7) is -2.91. The molecule has 1 heterocycles. The van der Waals surface area contributed by atoms with Gasteiger partial charge in [-0.25, -0.2) is 0 Å². The smallest absolute Gasteiger partial charge is 0.387 e. The van der Waals surface area contributed by atoms with Crippen molar-refractivity contribution in [1.29, 1.82) is 0 Å². The number of hydrogen-bond donors (Lipinski definition) is 1. The van der Waals surface area contributed by atoms with Crippen molar-refractivity contribution >= 4 is 11.5 Å². The topological polar surface area (TPSA) is 56.8 Å². The number of carbonyl (C=O) groups excluding carboxylic acids is 1. The van der Waals surface area contributed by atoms with Gasteiger partial charge in [0.15, 0.2) is 11.5 Å². The zero-order chi connectivity index (χ0) is 16.4. The van der Waals surface area contributed by atoms with Crippen LogP contribution in [0.25, 0.3) is 5.70 Å². The van der Waals surface area contributed by atoms with E-state index in [1.54, 1.807) is 12.1 Å². The highest BCUT2D eigenvalue weighted by atomic mass is 19.3. The number of carbonyl (C=O) groups is 1. The lowest BCUT2D eigenvalue weighted by Gasteiger charge is -2.28. The van der Waals surface area contributed by atoms with Crippen LogP contribution >= 0.6 is 0 Å². The highest BCUT2D eigenvalue weighted by Gasteiger charge is 2.38. The summed E-state index contributed by atoms with van der Waals surface area (Å²) in [5.74, 6) is 0.435. The number of methoxy groups -OCH3 is 1. The average molecular weight is 325 g/mol. The van der Waals surface area contributed by atoms with Gasteiger partial charge >= 0.3 is 6.61 Å². The summed E-state index contributed by atoms with van der Waals surface area (Å²) < 4.78 is 34.2. The lowest BCUT2D eigenvalue weighted by atomic mass is 9.83. The van der Waals surface area contributed by atoms with Gasteiger partial charge in [-0.2, -0.15) is 8.78 Å². The van der Waals surface area contributed by atoms with E-state index in [9.17, 15) is 13.6 Å². The van der Waals surface area contributed by atoms with Crippen LogP contribution in [0, 0.1) is 0 Å². The Morgan fingerprint density at radius 2 is 2.00 bits per heavy atom. The van der Waals surface area contributed by atoms with Crippen LogP contribution in [-0.2, 0) is 9.63 Å². The van der Waals surface area contributed by atoms with Gasteiger partial charge in [0.25, 0.3) is 0 Å². The molecule has 2 aliphatic rings. The standard InChI is InChI=1S/C16H17F2NO4/c1-21-14-8-10(2-3-13(14)22-15(17)18)12-9-16(23-19-12)6-4-11(20)5-7-16/h2-3,8-9,15,19H,4-7H2,1H3. The van der Waals surface area contributed by atoms with Crippen molar-refractivity contribution in [1.82, 2.24) is 5.48 Å². The Morgan fingerprint density at radius 3 is 2.65 bits per heavy atom. The molecule has 0 atom stereocenters. The highest BCUT2D eigenvalue weighted by molar-refractivity contribution is 5.80. The van der Waals surface area contributed by atoms with Crippen molar-refractivity contribution in [3.05, 3.63) is 29.8 Å². The molecule has 1 aliphatic heterocycles. The first-order chi connectivity index (χ1) is 11.0. The molecule has 0 amide bonds. The van der Waals surface area contributed by atoms with Crippen molar-refractivity contribution in [3.8, 4) is 11.5 Å². The Hall–Kier alpha value is -2.15. The third kappa shape index (κ3) is 3.29. The minimum Gasteiger partial charge on any atom is -0.493 e. The Morgan fingerprint density at radius 1 is 1.26 bits per heavy atom. The minimum atomic E-state index is -2.91. The van der Waals surface area contributed by atoms with Gasteiger partial charge in [-0.15, -0.1) is 0 Å². The maximum Gasteiger partial charge on any atom is 0.387 e. The summed E-state index contributed by atoms with van der Waals surface area (Å²) in [5.41, 5.74) is 3.84. The molecule has 0 saturated heterocycles. The molecular weight excluding hydrogens is 308 g/mol. The number of ketones is 1. The van der Waals surface area contributed by atoms with E-state index in [2.05, 4.69) is 10.2 Å². The van der Waals surface area contributed by atoms with E-state index in [1.807, 2.05) is 6.08 Å². The van der Waals surface area contributed by atoms with Gasteiger partial charge in [0.05, 0.1) is 12.8 Å². The van der Waals surface area contributed by atoms with E-state index in [4.69, 9.17) is 9.57 Å². The molecular formula is C16H17F2NO4. The fourth-order valence-electron chi connectivity index (χ4n) is 2.85. The van der Waals surface area contributed by atoms with Crippen molar-refractivity contribution in [2.24, 2.45) is 0 Å². The predicted octanol–water partition coefficient (Wildman–Crippen LogP) is 3.05. The Balaban J connectivity index is 1.83. The molecule has 3 rings (SSSR count). The van der Waals surface area contributed by atoms with Crippen molar-refractivity contribution in [2.75, 3.05) is 7.11 Å². The summed E-state index contributed by atoms with van der Waals surface area (Å²) in [6, 6.07) is 4.68. The van der Waals surface area contributed by atoms with Crippen molar-refractivity contribution in [2.45, 2.75) is 37.9 Å². The van der Waals surface area contributed by atoms with Crippen LogP contribution in [0.1, 0.15) is 31.2 Å². The van der Waals surface area contributed by atoms with Gasteiger partial charge < -0.3 is 9.47 Å². The van der Waals surface area contributed by atoms with Crippen molar-refractivity contribution < 1.29 is 27.9 Å². The molecule has 1 aliphatic carbocycles. The average Bonchev–Trinajstić information content (AvgIpc) is 2.94. The molecule has 0 aromatic heterocycles. The number of nitrogens with one attached hydrogen (secondary N) is 1. The zero-order valence-corrected chi connectivity index (χ0v) is 12.6. The van der Waals surface area contributed by atoms with Gasteiger partial charge in [-0.05, 0) is 37.1 Å². The second-order valence-corrected chi connectivity index (χ2v) is 5.61. The molecule has 1 aromatic carbocycles. The summed E-state index contributed by atoms with van der Waals surface area (Å²) in [5, 5.41) is 0. The molecule has 124 valence electrons. The summed E-state index contributed by atoms with van der Waals surface area (Å²) in [4.78, 5) is 17.1. The van der Waals surface area contributed by atoms with Gasteiger partial charge in [-0.3, -0.25) is 15.1 Å². The minimum absolute atomic E-state index is 0.0243. The van der Waals surface area contributed by atoms with Crippen LogP contribution in [-0.4, -0.2) is 25.1 Å². The third-order valence-corrected chi connectivity index (χ3v) is 4.12. The van der Waals surface area contributed by atoms with Crippen molar-refractivity contribution in [3.63, 3.8) is 0 Å². The molecule has 1 spiro atoms. The van der Waals surface area contributed by atoms with Crippen LogP contribution < -0.4 is 15.0 Å². The quantitative estimate of drug-likeness (QED) is 0.922. The normalized spacial score (nSPS) is 19.7. The first-order valence-corrected chi connectivity index (χ1v) is 7.33. The van der Waals surface area contributed by atoms with Crippen LogP contribution in [0.2, 0.25) is 0 Å². The molecule has 0 bridgehead atoms. The molecule has 1 fully saturated rings. The van der Waals surface area contributed by atoms with E-state index in [0.29, 0.717) is 25.7 Å². The number of rotatable bonds is 4. The van der Waals surface area contributed by atoms with Gasteiger partial charge in [0.1, 0.15) is 11.4 Å². The second-order valence-electron chi connectivity index (χ2n) is 5.61. The Kier molecular flexibility index (Phi) is 4.21. The van der Waals surface area contributed by atoms with Gasteiger partial charge in [0, 0.05) is 18.4 Å². The monoisotopic (exact) mass is 325 g/mol. The first-order valence-electron chi connectivity index (χ1n) is 7.33. The van der Waals surface area contributed by atoms with E-state index in [-0.39, 0.29) is 17.3 Å². The summed E-state index contributed by atoms with van der Waals surface area (Å²) in [7, 11) is 1.39. The first kappa shape index (κ1) is 15.7. The molecule has 0 radical (unpaired) electrons. The Bertz CT molecular complexity index is 635. The summed E-state index contributed by atoms with van der Waals surface area (Å²) in [6.07, 6.45) is 4.20. The fourth-order valence-corrected chi connectivity index (χ4v) is 2.85. The number of benzene rings is 1. The number of hydrogen-bond acceptors (Lipinski definition) is 5. The summed E-state index contributed by atoms with van der Waals surface area (Å²) >= 11 is 0. The molecule has 0 unspecified atom stereocenters. The zero-order valence-electron chi connectivity index (χ0n) is 12.6. The lowest BCUT2D eigenvalue weighted by molar-refractivity contribution is -0.127. The van der Waals surface area contributed by atoms with Gasteiger partial charge in [-0.1, -0.05) is 0 Å². The fraction of sp³-hybridized carbons (Fsp3) is 0.438. The number of ether oxygens (including phenoxy) is 2. The molecule has 7 heteroatoms. The number of halogens is 2. The molecule has 1 aromatic rings. The van der Waals surface area contributed by atoms with E-state index >= 15 is 0 Å². The van der Waals surface area contributed by atoms with Gasteiger partial charge in [0.2, 0.25) is 0 Å². The van der Waals surface area contributed by atoms with E-state index < -0.39 is 12.2 Å². The SMILES string of the molecule is COc1cc(C2=CC3(CCC(=O)CC3)ON2)ccc1OC(F)F. The van der Waals surface area contributed by atoms with Crippen LogP contribution in [0.3, 0.4) is 0 Å². The van der Waals surface area contributed by atoms with E-state index in [0.717, 1.165) is 11.3 Å². The van der Waals surface area contributed by atoms with Crippen LogP contribution in [0.5, 0.6) is 11.5 Å². The second kappa shape index (κ2) is 6.16. The third-order valence-electron chi connectivity index (χ3n) is 4.12. The number of alkyl halides is 2. The van der Waals surface area contributed by atoms with Crippen LogP contribution in [0.4, 0.5) is 8.78 Å². The highest BCUT2D eigenvalue weighted by Crippen LogP contribution is 2.38. The molecule has 5 nitrogen and oxygen atoms in total. The largest absolute Gasteiger partial charge is 0.493 e. The molecule has 23 heavy (non-hydrogen) atoms. The lowest BCUT2D eigenvalue weighted by Crippen LogP contribution is -2.34. The molecule has 1 saturated carbocycles. The molecule has 1 N–H and O–H groups in total. The Labute approximate surface area is 132 Å². The number of hydroxylamine groups is 1. The van der Waals surface area contributed by atoms with Crippen LogP contribution in [0.15, 0.2) is 24.3 Å². The maximum absolute atomic E-state index is 12.4.